The molecule has 0 unspecified atom stereocenters. The number of aromatic nitrogens is 2. The molecule has 0 amide bonds. The second-order valence-electron chi connectivity index (χ2n) is 4.27. The van der Waals surface area contributed by atoms with Crippen molar-refractivity contribution in [3.8, 4) is 0 Å². The second-order valence-corrected chi connectivity index (χ2v) is 4.27. The van der Waals surface area contributed by atoms with E-state index in [0.29, 0.717) is 6.04 Å². The fourth-order valence-corrected chi connectivity index (χ4v) is 1.90. The molecule has 1 aliphatic rings. The summed E-state index contributed by atoms with van der Waals surface area (Å²) in [5, 5.41) is 3.46. The molecule has 1 fully saturated rings. The van der Waals surface area contributed by atoms with Crippen molar-refractivity contribution in [1.29, 1.82) is 0 Å². The fraction of sp³-hybridized carbons (Fsp3) is 0.636. The fourth-order valence-electron chi connectivity index (χ4n) is 1.90. The van der Waals surface area contributed by atoms with Crippen LogP contribution in [0.1, 0.15) is 18.5 Å². The highest BCUT2D eigenvalue weighted by atomic mass is 15.1. The smallest absolute Gasteiger partial charge is 0.129 e. The summed E-state index contributed by atoms with van der Waals surface area (Å²) in [4.78, 5) is 10.7. The molecule has 0 bridgehead atoms. The topological polar surface area (TPSA) is 41.0 Å². The summed E-state index contributed by atoms with van der Waals surface area (Å²) < 4.78 is 0. The summed E-state index contributed by atoms with van der Waals surface area (Å²) in [6.45, 7) is 4.32. The predicted molar refractivity (Wildman–Crippen MR) is 60.9 cm³/mol. The van der Waals surface area contributed by atoms with Crippen molar-refractivity contribution in [3.63, 3.8) is 0 Å². The van der Waals surface area contributed by atoms with Crippen molar-refractivity contribution in [3.05, 3.63) is 18.1 Å². The number of hydrogen-bond donors (Lipinski definition) is 1. The predicted octanol–water partition coefficient (Wildman–Crippen LogP) is 1.29. The lowest BCUT2D eigenvalue weighted by atomic mass is 10.1. The maximum Gasteiger partial charge on any atom is 0.129 e. The Morgan fingerprint density at radius 3 is 2.73 bits per heavy atom. The molecule has 0 spiro atoms. The van der Waals surface area contributed by atoms with Crippen LogP contribution in [0.5, 0.6) is 0 Å². The van der Waals surface area contributed by atoms with Crippen LogP contribution < -0.4 is 5.32 Å². The number of aryl methyl sites for hydroxylation is 1. The van der Waals surface area contributed by atoms with Crippen LogP contribution in [0.15, 0.2) is 12.4 Å². The molecule has 82 valence electrons. The normalized spacial score (nSPS) is 19.1. The van der Waals surface area contributed by atoms with E-state index in [1.54, 1.807) is 6.33 Å². The van der Waals surface area contributed by atoms with Gasteiger partial charge in [0.25, 0.3) is 0 Å². The van der Waals surface area contributed by atoms with Crippen molar-refractivity contribution in [2.45, 2.75) is 25.8 Å². The summed E-state index contributed by atoms with van der Waals surface area (Å²) >= 11 is 0. The molecule has 0 aromatic carbocycles. The maximum atomic E-state index is 4.22. The first-order chi connectivity index (χ1) is 7.24. The van der Waals surface area contributed by atoms with Crippen molar-refractivity contribution < 1.29 is 0 Å². The Kier molecular flexibility index (Phi) is 3.16. The monoisotopic (exact) mass is 206 g/mol. The van der Waals surface area contributed by atoms with Gasteiger partial charge in [0.2, 0.25) is 0 Å². The minimum Gasteiger partial charge on any atom is -0.367 e. The summed E-state index contributed by atoms with van der Waals surface area (Å²) in [6.07, 6.45) is 4.01. The SMILES string of the molecule is Cc1cc(NC2CCN(C)CC2)ncn1. The Morgan fingerprint density at radius 1 is 1.33 bits per heavy atom. The Bertz CT molecular complexity index is 318. The highest BCUT2D eigenvalue weighted by molar-refractivity contribution is 5.35. The first-order valence-electron chi connectivity index (χ1n) is 5.48. The van der Waals surface area contributed by atoms with Crippen LogP contribution in [0, 0.1) is 6.92 Å². The Labute approximate surface area is 90.7 Å². The molecule has 2 heterocycles. The van der Waals surface area contributed by atoms with E-state index in [1.807, 2.05) is 13.0 Å². The lowest BCUT2D eigenvalue weighted by Crippen LogP contribution is -2.36. The molecule has 1 aromatic rings. The summed E-state index contributed by atoms with van der Waals surface area (Å²) in [5.41, 5.74) is 1.01. The van der Waals surface area contributed by atoms with Crippen molar-refractivity contribution in [1.82, 2.24) is 14.9 Å². The molecule has 4 nitrogen and oxygen atoms in total. The number of anilines is 1. The minimum atomic E-state index is 0.565. The quantitative estimate of drug-likeness (QED) is 0.791. The van der Waals surface area contributed by atoms with Gasteiger partial charge in [-0.2, -0.15) is 0 Å². The van der Waals surface area contributed by atoms with E-state index in [4.69, 9.17) is 0 Å². The number of likely N-dealkylation sites (tertiary alicyclic amines) is 1. The van der Waals surface area contributed by atoms with Crippen LogP contribution in [-0.2, 0) is 0 Å². The number of piperidine rings is 1. The average Bonchev–Trinajstić information content (AvgIpc) is 2.22. The van der Waals surface area contributed by atoms with Gasteiger partial charge in [-0.3, -0.25) is 0 Å². The molecule has 15 heavy (non-hydrogen) atoms. The molecule has 2 rings (SSSR count). The summed E-state index contributed by atoms with van der Waals surface area (Å²) in [6, 6.07) is 2.56. The average molecular weight is 206 g/mol. The van der Waals surface area contributed by atoms with Crippen molar-refractivity contribution in [2.24, 2.45) is 0 Å². The van der Waals surface area contributed by atoms with Gasteiger partial charge in [-0.05, 0) is 39.9 Å². The van der Waals surface area contributed by atoms with Crippen LogP contribution in [0.3, 0.4) is 0 Å². The van der Waals surface area contributed by atoms with E-state index in [1.165, 1.54) is 25.9 Å². The molecule has 0 aliphatic carbocycles. The Hall–Kier alpha value is -1.16. The Morgan fingerprint density at radius 2 is 2.07 bits per heavy atom. The molecule has 0 radical (unpaired) electrons. The van der Waals surface area contributed by atoms with Gasteiger partial charge in [0.15, 0.2) is 0 Å². The largest absolute Gasteiger partial charge is 0.367 e. The number of rotatable bonds is 2. The highest BCUT2D eigenvalue weighted by Gasteiger charge is 2.16. The molecule has 1 aromatic heterocycles. The first-order valence-corrected chi connectivity index (χ1v) is 5.48. The molecular formula is C11H18N4. The summed E-state index contributed by atoms with van der Waals surface area (Å²) in [7, 11) is 2.17. The van der Waals surface area contributed by atoms with Crippen LogP contribution in [0.4, 0.5) is 5.82 Å². The van der Waals surface area contributed by atoms with Crippen LogP contribution in [0.2, 0.25) is 0 Å². The lowest BCUT2D eigenvalue weighted by molar-refractivity contribution is 0.263. The molecule has 0 atom stereocenters. The molecular weight excluding hydrogens is 188 g/mol. The van der Waals surface area contributed by atoms with Gasteiger partial charge >= 0.3 is 0 Å². The van der Waals surface area contributed by atoms with Gasteiger partial charge in [0, 0.05) is 17.8 Å². The van der Waals surface area contributed by atoms with E-state index in [2.05, 4.69) is 27.2 Å². The van der Waals surface area contributed by atoms with Crippen LogP contribution in [-0.4, -0.2) is 41.0 Å². The molecule has 1 N–H and O–H groups in total. The standard InChI is InChI=1S/C11H18N4/c1-9-7-11(13-8-12-9)14-10-3-5-15(2)6-4-10/h7-8,10H,3-6H2,1-2H3,(H,12,13,14). The third kappa shape index (κ3) is 2.89. The van der Waals surface area contributed by atoms with E-state index >= 15 is 0 Å². The van der Waals surface area contributed by atoms with E-state index in [0.717, 1.165) is 11.5 Å². The minimum absolute atomic E-state index is 0.565. The van der Waals surface area contributed by atoms with E-state index in [-0.39, 0.29) is 0 Å². The van der Waals surface area contributed by atoms with Gasteiger partial charge < -0.3 is 10.2 Å². The van der Waals surface area contributed by atoms with Gasteiger partial charge in [-0.25, -0.2) is 9.97 Å². The van der Waals surface area contributed by atoms with Crippen molar-refractivity contribution >= 4 is 5.82 Å². The van der Waals surface area contributed by atoms with E-state index < -0.39 is 0 Å². The summed E-state index contributed by atoms with van der Waals surface area (Å²) in [5.74, 6) is 0.956. The number of nitrogens with one attached hydrogen (secondary N) is 1. The molecule has 1 aliphatic heterocycles. The maximum absolute atomic E-state index is 4.22. The number of hydrogen-bond acceptors (Lipinski definition) is 4. The highest BCUT2D eigenvalue weighted by Crippen LogP contribution is 2.13. The van der Waals surface area contributed by atoms with Crippen LogP contribution in [0.25, 0.3) is 0 Å². The molecule has 0 saturated carbocycles. The first kappa shape index (κ1) is 10.4. The number of nitrogens with zero attached hydrogens (tertiary/aromatic N) is 3. The van der Waals surface area contributed by atoms with Gasteiger partial charge in [0.05, 0.1) is 0 Å². The lowest BCUT2D eigenvalue weighted by Gasteiger charge is -2.29. The van der Waals surface area contributed by atoms with Gasteiger partial charge in [-0.1, -0.05) is 0 Å². The van der Waals surface area contributed by atoms with E-state index in [9.17, 15) is 0 Å². The third-order valence-electron chi connectivity index (χ3n) is 2.87. The molecule has 1 saturated heterocycles. The zero-order chi connectivity index (χ0) is 10.7. The third-order valence-corrected chi connectivity index (χ3v) is 2.87. The van der Waals surface area contributed by atoms with Gasteiger partial charge in [-0.15, -0.1) is 0 Å². The Balaban J connectivity index is 1.92. The zero-order valence-corrected chi connectivity index (χ0v) is 9.40. The van der Waals surface area contributed by atoms with Crippen LogP contribution >= 0.6 is 0 Å². The molecule has 4 heteroatoms. The zero-order valence-electron chi connectivity index (χ0n) is 9.40. The second kappa shape index (κ2) is 4.57. The van der Waals surface area contributed by atoms with Crippen molar-refractivity contribution in [2.75, 3.05) is 25.5 Å². The van der Waals surface area contributed by atoms with Gasteiger partial charge in [0.1, 0.15) is 12.1 Å².